The summed E-state index contributed by atoms with van der Waals surface area (Å²) < 4.78 is 0. The Balaban J connectivity index is 2.23. The highest BCUT2D eigenvalue weighted by Crippen LogP contribution is 2.12. The number of carbonyl (C=O) groups excluding carboxylic acids is 3. The van der Waals surface area contributed by atoms with Crippen molar-refractivity contribution in [3.8, 4) is 5.75 Å². The van der Waals surface area contributed by atoms with Gasteiger partial charge in [0.25, 0.3) is 0 Å². The Hall–Kier alpha value is -3.93. The first-order valence-corrected chi connectivity index (χ1v) is 10.7. The van der Waals surface area contributed by atoms with Gasteiger partial charge >= 0.3 is 5.97 Å². The van der Waals surface area contributed by atoms with Gasteiger partial charge in [0.2, 0.25) is 17.7 Å². The number of amides is 3. The number of carbonyl (C=O) groups is 4. The van der Waals surface area contributed by atoms with Gasteiger partial charge in [-0.05, 0) is 23.6 Å². The van der Waals surface area contributed by atoms with E-state index in [0.717, 1.165) is 0 Å². The van der Waals surface area contributed by atoms with E-state index in [9.17, 15) is 29.4 Å². The molecule has 12 heteroatoms. The molecule has 3 unspecified atom stereocenters. The monoisotopic (exact) mass is 474 g/mol. The molecule has 0 saturated heterocycles. The van der Waals surface area contributed by atoms with Crippen molar-refractivity contribution in [2.24, 2.45) is 11.7 Å². The van der Waals surface area contributed by atoms with E-state index >= 15 is 0 Å². The second-order valence-electron chi connectivity index (χ2n) is 8.11. The molecule has 34 heavy (non-hydrogen) atoms. The summed E-state index contributed by atoms with van der Waals surface area (Å²) >= 11 is 0. The van der Waals surface area contributed by atoms with E-state index in [1.54, 1.807) is 26.0 Å². The number of H-pyrrole nitrogens is 1. The summed E-state index contributed by atoms with van der Waals surface area (Å²) in [6.07, 6.45) is 2.82. The van der Waals surface area contributed by atoms with Crippen LogP contribution in [-0.4, -0.2) is 68.5 Å². The van der Waals surface area contributed by atoms with Crippen molar-refractivity contribution in [1.29, 1.82) is 0 Å². The van der Waals surface area contributed by atoms with Crippen LogP contribution < -0.4 is 21.7 Å². The highest BCUT2D eigenvalue weighted by molar-refractivity contribution is 5.93. The molecule has 8 N–H and O–H groups in total. The number of nitrogens with two attached hydrogens (primary N) is 1. The van der Waals surface area contributed by atoms with Crippen LogP contribution in [0.2, 0.25) is 0 Å². The van der Waals surface area contributed by atoms with Crippen LogP contribution >= 0.6 is 0 Å². The fraction of sp³-hybridized carbons (Fsp3) is 0.409. The third-order valence-electron chi connectivity index (χ3n) is 5.05. The molecular formula is C22H30N6O6. The molecule has 0 aliphatic carbocycles. The van der Waals surface area contributed by atoms with E-state index in [1.165, 1.54) is 24.7 Å². The highest BCUT2D eigenvalue weighted by atomic mass is 16.4. The lowest BCUT2D eigenvalue weighted by Crippen LogP contribution is -2.58. The predicted octanol–water partition coefficient (Wildman–Crippen LogP) is -0.946. The Kier molecular flexibility index (Phi) is 9.56. The van der Waals surface area contributed by atoms with Gasteiger partial charge in [0.15, 0.2) is 0 Å². The molecule has 3 amide bonds. The molecule has 184 valence electrons. The molecule has 1 aromatic carbocycles. The molecule has 1 heterocycles. The average Bonchev–Trinajstić information content (AvgIpc) is 3.30. The number of phenolic OH excluding ortho intramolecular Hbond substituents is 1. The van der Waals surface area contributed by atoms with Crippen LogP contribution in [0.25, 0.3) is 0 Å². The molecule has 3 atom stereocenters. The number of imidazole rings is 1. The number of benzene rings is 1. The van der Waals surface area contributed by atoms with Crippen molar-refractivity contribution in [2.75, 3.05) is 6.54 Å². The third kappa shape index (κ3) is 7.89. The molecule has 2 rings (SSSR count). The molecule has 0 bridgehead atoms. The minimum absolute atomic E-state index is 0.0178. The number of aromatic nitrogens is 2. The first-order valence-electron chi connectivity index (χ1n) is 10.7. The zero-order valence-corrected chi connectivity index (χ0v) is 18.9. The molecule has 0 aliphatic heterocycles. The number of rotatable bonds is 12. The molecule has 0 radical (unpaired) electrons. The second kappa shape index (κ2) is 12.3. The first kappa shape index (κ1) is 26.3. The summed E-state index contributed by atoms with van der Waals surface area (Å²) in [6, 6.07) is 2.65. The van der Waals surface area contributed by atoms with Gasteiger partial charge in [-0.15, -0.1) is 0 Å². The third-order valence-corrected chi connectivity index (χ3v) is 5.05. The van der Waals surface area contributed by atoms with Crippen molar-refractivity contribution >= 4 is 23.7 Å². The predicted molar refractivity (Wildman–Crippen MR) is 121 cm³/mol. The number of aliphatic carboxylic acids is 1. The van der Waals surface area contributed by atoms with E-state index < -0.39 is 41.8 Å². The summed E-state index contributed by atoms with van der Waals surface area (Å²) in [5.41, 5.74) is 6.46. The Morgan fingerprint density at radius 3 is 2.18 bits per heavy atom. The number of aromatic amines is 1. The quantitative estimate of drug-likeness (QED) is 0.204. The SMILES string of the molecule is CC(C)C(NC(=O)CN)C(=O)NC(Cc1ccc(O)cc1)C(=O)NC(Cc1cnc[nH]1)C(=O)O. The summed E-state index contributed by atoms with van der Waals surface area (Å²) in [5, 5.41) is 26.7. The van der Waals surface area contributed by atoms with Gasteiger partial charge < -0.3 is 36.9 Å². The maximum atomic E-state index is 13.1. The molecule has 0 aliphatic rings. The van der Waals surface area contributed by atoms with Crippen LogP contribution in [-0.2, 0) is 32.0 Å². The summed E-state index contributed by atoms with van der Waals surface area (Å²) in [4.78, 5) is 56.2. The van der Waals surface area contributed by atoms with E-state index in [1.807, 2.05) is 0 Å². The number of phenols is 1. The largest absolute Gasteiger partial charge is 0.508 e. The zero-order valence-electron chi connectivity index (χ0n) is 18.9. The number of nitrogens with zero attached hydrogens (tertiary/aromatic N) is 1. The lowest BCUT2D eigenvalue weighted by atomic mass is 10.0. The number of hydrogen-bond donors (Lipinski definition) is 7. The normalized spacial score (nSPS) is 13.5. The maximum absolute atomic E-state index is 13.1. The summed E-state index contributed by atoms with van der Waals surface area (Å²) in [6.45, 7) is 3.14. The minimum atomic E-state index is -1.27. The Bertz CT molecular complexity index is 976. The van der Waals surface area contributed by atoms with E-state index in [0.29, 0.717) is 11.3 Å². The van der Waals surface area contributed by atoms with Gasteiger partial charge in [-0.2, -0.15) is 0 Å². The van der Waals surface area contributed by atoms with Crippen LogP contribution in [0.4, 0.5) is 0 Å². The van der Waals surface area contributed by atoms with Crippen molar-refractivity contribution in [2.45, 2.75) is 44.8 Å². The first-order chi connectivity index (χ1) is 16.1. The standard InChI is InChI=1S/C22H30N6O6/c1-12(2)19(28-18(30)9-23)21(32)26-16(7-13-3-5-15(29)6-4-13)20(31)27-17(22(33)34)8-14-10-24-11-25-14/h3-6,10-12,16-17,19,29H,7-9,23H2,1-2H3,(H,24,25)(H,26,32)(H,27,31)(H,28,30)(H,33,34). The maximum Gasteiger partial charge on any atom is 0.326 e. The molecule has 1 aromatic heterocycles. The van der Waals surface area contributed by atoms with Crippen LogP contribution in [0.5, 0.6) is 5.75 Å². The Morgan fingerprint density at radius 2 is 1.65 bits per heavy atom. The Morgan fingerprint density at radius 1 is 1.00 bits per heavy atom. The fourth-order valence-electron chi connectivity index (χ4n) is 3.19. The van der Waals surface area contributed by atoms with Crippen LogP contribution in [0, 0.1) is 5.92 Å². The number of carboxylic acids is 1. The summed E-state index contributed by atoms with van der Waals surface area (Å²) in [7, 11) is 0. The second-order valence-corrected chi connectivity index (χ2v) is 8.11. The molecule has 0 spiro atoms. The van der Waals surface area contributed by atoms with E-state index in [2.05, 4.69) is 25.9 Å². The van der Waals surface area contributed by atoms with E-state index in [-0.39, 0.29) is 31.1 Å². The topological polar surface area (TPSA) is 200 Å². The summed E-state index contributed by atoms with van der Waals surface area (Å²) in [5.74, 6) is -3.40. The lowest BCUT2D eigenvalue weighted by molar-refractivity contribution is -0.142. The number of hydrogen-bond acceptors (Lipinski definition) is 7. The van der Waals surface area contributed by atoms with Gasteiger partial charge in [-0.1, -0.05) is 26.0 Å². The molecule has 12 nitrogen and oxygen atoms in total. The number of aromatic hydroxyl groups is 1. The van der Waals surface area contributed by atoms with Crippen LogP contribution in [0.3, 0.4) is 0 Å². The van der Waals surface area contributed by atoms with Gasteiger partial charge in [0.05, 0.1) is 12.9 Å². The molecule has 0 fully saturated rings. The van der Waals surface area contributed by atoms with Gasteiger partial charge in [0.1, 0.15) is 23.9 Å². The van der Waals surface area contributed by atoms with E-state index in [4.69, 9.17) is 5.73 Å². The fourth-order valence-corrected chi connectivity index (χ4v) is 3.19. The van der Waals surface area contributed by atoms with Gasteiger partial charge in [-0.25, -0.2) is 9.78 Å². The van der Waals surface area contributed by atoms with Crippen molar-refractivity contribution in [3.05, 3.63) is 48.0 Å². The molecular weight excluding hydrogens is 444 g/mol. The lowest BCUT2D eigenvalue weighted by Gasteiger charge is -2.26. The minimum Gasteiger partial charge on any atom is -0.508 e. The highest BCUT2D eigenvalue weighted by Gasteiger charge is 2.31. The van der Waals surface area contributed by atoms with Crippen molar-refractivity contribution in [3.63, 3.8) is 0 Å². The number of carboxylic acid groups (broad SMARTS) is 1. The molecule has 0 saturated carbocycles. The van der Waals surface area contributed by atoms with Crippen molar-refractivity contribution < 1.29 is 29.4 Å². The van der Waals surface area contributed by atoms with Crippen LogP contribution in [0.15, 0.2) is 36.8 Å². The Labute approximate surface area is 196 Å². The zero-order chi connectivity index (χ0) is 25.3. The van der Waals surface area contributed by atoms with Gasteiger partial charge in [0, 0.05) is 24.7 Å². The number of nitrogens with one attached hydrogen (secondary N) is 4. The van der Waals surface area contributed by atoms with Gasteiger partial charge in [-0.3, -0.25) is 14.4 Å². The van der Waals surface area contributed by atoms with Crippen LogP contribution in [0.1, 0.15) is 25.1 Å². The van der Waals surface area contributed by atoms with Crippen molar-refractivity contribution in [1.82, 2.24) is 25.9 Å². The smallest absolute Gasteiger partial charge is 0.326 e. The molecule has 2 aromatic rings. The average molecular weight is 475 g/mol.